The molecule has 0 aromatic heterocycles. The average Bonchev–Trinajstić information content (AvgIpc) is 3.29. The van der Waals surface area contributed by atoms with Crippen molar-refractivity contribution in [3.8, 4) is 0 Å². The molecule has 122 valence electrons. The van der Waals surface area contributed by atoms with Gasteiger partial charge < -0.3 is 10.1 Å². The Hall–Kier alpha value is -0.610. The third kappa shape index (κ3) is 4.19. The molecule has 1 unspecified atom stereocenters. The van der Waals surface area contributed by atoms with Crippen LogP contribution in [0.15, 0.2) is 0 Å². The Kier molecular flexibility index (Phi) is 5.67. The molecule has 2 rings (SSSR count). The van der Waals surface area contributed by atoms with Crippen LogP contribution in [-0.2, 0) is 9.53 Å². The molecule has 2 aliphatic carbocycles. The summed E-state index contributed by atoms with van der Waals surface area (Å²) in [4.78, 5) is 15.1. The largest absolute Gasteiger partial charge is 0.465 e. The van der Waals surface area contributed by atoms with E-state index in [1.54, 1.807) is 0 Å². The average molecular weight is 296 g/mol. The maximum Gasteiger partial charge on any atom is 0.327 e. The minimum atomic E-state index is -0.490. The second kappa shape index (κ2) is 7.10. The van der Waals surface area contributed by atoms with E-state index in [0.29, 0.717) is 24.5 Å². The summed E-state index contributed by atoms with van der Waals surface area (Å²) in [6.45, 7) is 8.79. The Bertz CT molecular complexity index is 351. The fourth-order valence-corrected chi connectivity index (χ4v) is 3.16. The molecule has 0 heterocycles. The molecule has 1 N–H and O–H groups in total. The zero-order valence-electron chi connectivity index (χ0n) is 14.2. The first-order valence-electron chi connectivity index (χ1n) is 8.63. The van der Waals surface area contributed by atoms with Gasteiger partial charge in [0.05, 0.1) is 6.61 Å². The summed E-state index contributed by atoms with van der Waals surface area (Å²) in [6, 6.07) is 0.685. The van der Waals surface area contributed by atoms with Crippen LogP contribution in [0.25, 0.3) is 0 Å². The molecule has 0 aliphatic heterocycles. The van der Waals surface area contributed by atoms with Crippen molar-refractivity contribution in [3.63, 3.8) is 0 Å². The molecule has 0 aromatic carbocycles. The molecule has 0 radical (unpaired) electrons. The summed E-state index contributed by atoms with van der Waals surface area (Å²) >= 11 is 0. The maximum absolute atomic E-state index is 12.6. The number of nitrogens with zero attached hydrogens (tertiary/aromatic N) is 1. The zero-order valence-corrected chi connectivity index (χ0v) is 14.2. The van der Waals surface area contributed by atoms with Gasteiger partial charge in [0.15, 0.2) is 0 Å². The van der Waals surface area contributed by atoms with Crippen LogP contribution in [0.2, 0.25) is 0 Å². The number of carbonyl (C=O) groups excluding carboxylic acids is 1. The van der Waals surface area contributed by atoms with Crippen molar-refractivity contribution in [2.45, 2.75) is 64.5 Å². The van der Waals surface area contributed by atoms with Crippen molar-refractivity contribution in [1.29, 1.82) is 0 Å². The lowest BCUT2D eigenvalue weighted by Crippen LogP contribution is -2.60. The molecule has 0 aromatic rings. The van der Waals surface area contributed by atoms with Gasteiger partial charge in [-0.2, -0.15) is 0 Å². The summed E-state index contributed by atoms with van der Waals surface area (Å²) in [5, 5.41) is 3.35. The fraction of sp³-hybridized carbons (Fsp3) is 0.941. The van der Waals surface area contributed by atoms with Crippen LogP contribution in [0.5, 0.6) is 0 Å². The Morgan fingerprint density at radius 3 is 2.43 bits per heavy atom. The highest BCUT2D eigenvalue weighted by molar-refractivity contribution is 5.82. The number of esters is 1. The topological polar surface area (TPSA) is 41.6 Å². The number of hydrogen-bond donors (Lipinski definition) is 1. The molecule has 2 saturated carbocycles. The number of likely N-dealkylation sites (N-methyl/N-ethyl adjacent to an activating group) is 1. The SMILES string of the molecule is CCOC(=O)C(CN(CCC(C)C)C1CC1)(NC)C1CC1. The van der Waals surface area contributed by atoms with E-state index in [1.807, 2.05) is 14.0 Å². The van der Waals surface area contributed by atoms with Crippen molar-refractivity contribution < 1.29 is 9.53 Å². The predicted molar refractivity (Wildman–Crippen MR) is 85.2 cm³/mol. The lowest BCUT2D eigenvalue weighted by atomic mass is 9.92. The number of carbonyl (C=O) groups is 1. The first-order chi connectivity index (χ1) is 10.0. The third-order valence-electron chi connectivity index (χ3n) is 4.87. The second-order valence-corrected chi connectivity index (χ2v) is 7.10. The normalized spacial score (nSPS) is 21.6. The highest BCUT2D eigenvalue weighted by Crippen LogP contribution is 2.42. The smallest absolute Gasteiger partial charge is 0.327 e. The van der Waals surface area contributed by atoms with Crippen LogP contribution in [-0.4, -0.2) is 49.2 Å². The van der Waals surface area contributed by atoms with Crippen molar-refractivity contribution in [2.24, 2.45) is 11.8 Å². The molecule has 0 saturated heterocycles. The summed E-state index contributed by atoms with van der Waals surface area (Å²) in [5.41, 5.74) is -0.490. The van der Waals surface area contributed by atoms with Gasteiger partial charge in [-0.05, 0) is 64.5 Å². The fourth-order valence-electron chi connectivity index (χ4n) is 3.16. The molecule has 2 fully saturated rings. The molecule has 0 bridgehead atoms. The predicted octanol–water partition coefficient (Wildman–Crippen LogP) is 2.43. The maximum atomic E-state index is 12.6. The van der Waals surface area contributed by atoms with Gasteiger partial charge in [-0.1, -0.05) is 13.8 Å². The van der Waals surface area contributed by atoms with Crippen LogP contribution < -0.4 is 5.32 Å². The van der Waals surface area contributed by atoms with E-state index in [-0.39, 0.29) is 5.97 Å². The Morgan fingerprint density at radius 2 is 2.00 bits per heavy atom. The Balaban J connectivity index is 2.06. The lowest BCUT2D eigenvalue weighted by Gasteiger charge is -2.37. The highest BCUT2D eigenvalue weighted by atomic mass is 16.5. The number of hydrogen-bond acceptors (Lipinski definition) is 4. The lowest BCUT2D eigenvalue weighted by molar-refractivity contribution is -0.153. The van der Waals surface area contributed by atoms with Crippen LogP contribution in [0.3, 0.4) is 0 Å². The molecule has 4 nitrogen and oxygen atoms in total. The van der Waals surface area contributed by atoms with E-state index < -0.39 is 5.54 Å². The van der Waals surface area contributed by atoms with Crippen molar-refractivity contribution in [3.05, 3.63) is 0 Å². The first kappa shape index (κ1) is 16.8. The van der Waals surface area contributed by atoms with Crippen molar-refractivity contribution in [1.82, 2.24) is 10.2 Å². The zero-order chi connectivity index (χ0) is 15.5. The van der Waals surface area contributed by atoms with Gasteiger partial charge in [-0.3, -0.25) is 4.90 Å². The highest BCUT2D eigenvalue weighted by Gasteiger charge is 2.53. The van der Waals surface area contributed by atoms with Crippen LogP contribution in [0.1, 0.15) is 52.9 Å². The van der Waals surface area contributed by atoms with Crippen LogP contribution in [0.4, 0.5) is 0 Å². The molecule has 0 amide bonds. The monoisotopic (exact) mass is 296 g/mol. The minimum absolute atomic E-state index is 0.0507. The van der Waals surface area contributed by atoms with Gasteiger partial charge in [-0.15, -0.1) is 0 Å². The van der Waals surface area contributed by atoms with Gasteiger partial charge in [0.2, 0.25) is 0 Å². The number of rotatable bonds is 10. The standard InChI is InChI=1S/C17H32N2O2/c1-5-21-16(20)17(18-4,14-6-7-14)12-19(15-8-9-15)11-10-13(2)3/h13-15,18H,5-12H2,1-4H3. The number of ether oxygens (including phenoxy) is 1. The van der Waals surface area contributed by atoms with E-state index in [1.165, 1.54) is 19.3 Å². The second-order valence-electron chi connectivity index (χ2n) is 7.10. The van der Waals surface area contributed by atoms with Gasteiger partial charge >= 0.3 is 5.97 Å². The summed E-state index contributed by atoms with van der Waals surface area (Å²) in [7, 11) is 1.92. The van der Waals surface area contributed by atoms with Gasteiger partial charge in [0.1, 0.15) is 5.54 Å². The van der Waals surface area contributed by atoms with Crippen molar-refractivity contribution >= 4 is 5.97 Å². The van der Waals surface area contributed by atoms with E-state index in [4.69, 9.17) is 4.74 Å². The van der Waals surface area contributed by atoms with Gasteiger partial charge in [0, 0.05) is 12.6 Å². The van der Waals surface area contributed by atoms with E-state index in [2.05, 4.69) is 24.1 Å². The Labute approximate surface area is 129 Å². The van der Waals surface area contributed by atoms with E-state index in [9.17, 15) is 4.79 Å². The van der Waals surface area contributed by atoms with Gasteiger partial charge in [0.25, 0.3) is 0 Å². The summed E-state index contributed by atoms with van der Waals surface area (Å²) in [6.07, 6.45) is 6.05. The molecular formula is C17H32N2O2. The molecule has 0 spiro atoms. The molecule has 1 atom stereocenters. The molecule has 4 heteroatoms. The molecule has 21 heavy (non-hydrogen) atoms. The van der Waals surface area contributed by atoms with Gasteiger partial charge in [-0.25, -0.2) is 4.79 Å². The third-order valence-corrected chi connectivity index (χ3v) is 4.87. The van der Waals surface area contributed by atoms with Crippen molar-refractivity contribution in [2.75, 3.05) is 26.7 Å². The quantitative estimate of drug-likeness (QED) is 0.629. The molecule has 2 aliphatic rings. The summed E-state index contributed by atoms with van der Waals surface area (Å²) < 4.78 is 5.40. The van der Waals surface area contributed by atoms with E-state index >= 15 is 0 Å². The van der Waals surface area contributed by atoms with E-state index in [0.717, 1.165) is 25.9 Å². The van der Waals surface area contributed by atoms with Crippen LogP contribution >= 0.6 is 0 Å². The number of nitrogens with one attached hydrogen (secondary N) is 1. The molecular weight excluding hydrogens is 264 g/mol. The first-order valence-corrected chi connectivity index (χ1v) is 8.63. The Morgan fingerprint density at radius 1 is 1.33 bits per heavy atom. The minimum Gasteiger partial charge on any atom is -0.465 e. The summed E-state index contributed by atoms with van der Waals surface area (Å²) in [5.74, 6) is 1.10. The van der Waals surface area contributed by atoms with Crippen LogP contribution in [0, 0.1) is 11.8 Å².